The Kier molecular flexibility index (Phi) is 4.78. The summed E-state index contributed by atoms with van der Waals surface area (Å²) in [6, 6.07) is 11.8. The third-order valence-electron chi connectivity index (χ3n) is 4.16. The minimum absolute atomic E-state index is 0.0251. The van der Waals surface area contributed by atoms with Crippen LogP contribution >= 0.6 is 0 Å². The van der Waals surface area contributed by atoms with Crippen LogP contribution in [0.2, 0.25) is 0 Å². The highest BCUT2D eigenvalue weighted by Crippen LogP contribution is 2.25. The first-order valence-corrected chi connectivity index (χ1v) is 10.4. The molecule has 0 bridgehead atoms. The topological polar surface area (TPSA) is 91.2 Å². The monoisotopic (exact) mass is 429 g/mol. The summed E-state index contributed by atoms with van der Waals surface area (Å²) in [5, 5.41) is -0.217. The van der Waals surface area contributed by atoms with Gasteiger partial charge in [-0.15, -0.1) is 0 Å². The summed E-state index contributed by atoms with van der Waals surface area (Å²) in [5.74, 6) is -1.61. The van der Waals surface area contributed by atoms with Crippen LogP contribution in [0.15, 0.2) is 70.7 Å². The predicted octanol–water partition coefficient (Wildman–Crippen LogP) is 3.25. The van der Waals surface area contributed by atoms with Gasteiger partial charge in [0.1, 0.15) is 5.82 Å². The number of benzene rings is 2. The molecule has 0 atom stereocenters. The summed E-state index contributed by atoms with van der Waals surface area (Å²) in [6.45, 7) is 0. The lowest BCUT2D eigenvalue weighted by atomic mass is 10.2. The van der Waals surface area contributed by atoms with Gasteiger partial charge in [0.15, 0.2) is 23.0 Å². The number of pyridine rings is 1. The molecule has 0 spiro atoms. The number of aromatic nitrogens is 3. The summed E-state index contributed by atoms with van der Waals surface area (Å²) in [7, 11) is -3.76. The first-order chi connectivity index (χ1) is 14.2. The summed E-state index contributed by atoms with van der Waals surface area (Å²) in [5.41, 5.74) is -0.554. The van der Waals surface area contributed by atoms with Gasteiger partial charge in [-0.05, 0) is 42.5 Å². The van der Waals surface area contributed by atoms with Crippen LogP contribution in [0, 0.1) is 11.6 Å². The molecule has 4 aromatic rings. The van der Waals surface area contributed by atoms with Crippen LogP contribution in [0.4, 0.5) is 8.78 Å². The quantitative estimate of drug-likeness (QED) is 0.463. The molecule has 152 valence electrons. The fourth-order valence-electron chi connectivity index (χ4n) is 2.78. The van der Waals surface area contributed by atoms with Gasteiger partial charge < -0.3 is 4.74 Å². The first kappa shape index (κ1) is 19.6. The first-order valence-electron chi connectivity index (χ1n) is 8.55. The second-order valence-corrected chi connectivity index (χ2v) is 8.27. The Bertz CT molecular complexity index is 1440. The van der Waals surface area contributed by atoms with E-state index in [0.29, 0.717) is 0 Å². The molecule has 2 heterocycles. The van der Waals surface area contributed by atoms with Gasteiger partial charge in [0.25, 0.3) is 5.56 Å². The number of halogens is 2. The average molecular weight is 429 g/mol. The summed E-state index contributed by atoms with van der Waals surface area (Å²) < 4.78 is 57.7. The van der Waals surface area contributed by atoms with Gasteiger partial charge in [0.05, 0.1) is 5.69 Å². The number of sulfone groups is 1. The van der Waals surface area contributed by atoms with Gasteiger partial charge in [-0.25, -0.2) is 22.2 Å². The SMILES string of the molecule is CS(=O)(=O)c1ncc2cc(Oc3ccccc3F)c(=O)n(-c3ccc(F)cc3)c2n1. The van der Waals surface area contributed by atoms with Gasteiger partial charge >= 0.3 is 0 Å². The minimum atomic E-state index is -3.76. The van der Waals surface area contributed by atoms with Crippen LogP contribution in [0.5, 0.6) is 11.5 Å². The zero-order valence-corrected chi connectivity index (χ0v) is 16.2. The highest BCUT2D eigenvalue weighted by molar-refractivity contribution is 7.90. The van der Waals surface area contributed by atoms with Gasteiger partial charge in [-0.3, -0.25) is 9.36 Å². The lowest BCUT2D eigenvalue weighted by Gasteiger charge is -2.13. The Morgan fingerprint density at radius 1 is 1.00 bits per heavy atom. The summed E-state index contributed by atoms with van der Waals surface area (Å²) >= 11 is 0. The van der Waals surface area contributed by atoms with Crippen molar-refractivity contribution in [2.24, 2.45) is 0 Å². The highest BCUT2D eigenvalue weighted by atomic mass is 32.2. The van der Waals surface area contributed by atoms with E-state index in [-0.39, 0.29) is 28.2 Å². The molecule has 0 saturated carbocycles. The van der Waals surface area contributed by atoms with Gasteiger partial charge in [-0.2, -0.15) is 4.98 Å². The molecule has 0 aliphatic heterocycles. The number of nitrogens with zero attached hydrogens (tertiary/aromatic N) is 3. The second kappa shape index (κ2) is 7.30. The molecule has 0 amide bonds. The molecule has 0 saturated heterocycles. The van der Waals surface area contributed by atoms with E-state index in [9.17, 15) is 22.0 Å². The Morgan fingerprint density at radius 3 is 2.37 bits per heavy atom. The average Bonchev–Trinajstić information content (AvgIpc) is 2.70. The van der Waals surface area contributed by atoms with Crippen molar-refractivity contribution >= 4 is 20.9 Å². The zero-order valence-electron chi connectivity index (χ0n) is 15.4. The molecule has 0 unspecified atom stereocenters. The zero-order chi connectivity index (χ0) is 21.5. The van der Waals surface area contributed by atoms with E-state index >= 15 is 0 Å². The normalized spacial score (nSPS) is 11.6. The number of hydrogen-bond donors (Lipinski definition) is 0. The van der Waals surface area contributed by atoms with E-state index in [2.05, 4.69) is 9.97 Å². The van der Waals surface area contributed by atoms with E-state index in [1.54, 1.807) is 6.07 Å². The lowest BCUT2D eigenvalue weighted by Crippen LogP contribution is -2.22. The molecule has 4 rings (SSSR count). The Balaban J connectivity index is 2.02. The second-order valence-electron chi connectivity index (χ2n) is 6.36. The number of hydrogen-bond acceptors (Lipinski definition) is 6. The minimum Gasteiger partial charge on any atom is -0.448 e. The third kappa shape index (κ3) is 3.64. The predicted molar refractivity (Wildman–Crippen MR) is 105 cm³/mol. The number of para-hydroxylation sites is 1. The number of ether oxygens (including phenoxy) is 1. The van der Waals surface area contributed by atoms with Gasteiger partial charge in [0, 0.05) is 17.8 Å². The summed E-state index contributed by atoms with van der Waals surface area (Å²) in [4.78, 5) is 21.0. The van der Waals surface area contributed by atoms with Crippen LogP contribution in [0.25, 0.3) is 16.7 Å². The molecule has 0 radical (unpaired) electrons. The van der Waals surface area contributed by atoms with Crippen molar-refractivity contribution in [2.45, 2.75) is 5.16 Å². The third-order valence-corrected chi connectivity index (χ3v) is 5.02. The largest absolute Gasteiger partial charge is 0.448 e. The van der Waals surface area contributed by atoms with E-state index in [1.807, 2.05) is 0 Å². The van der Waals surface area contributed by atoms with Crippen molar-refractivity contribution in [3.05, 3.63) is 82.8 Å². The molecule has 0 aliphatic rings. The van der Waals surface area contributed by atoms with E-state index in [1.165, 1.54) is 42.6 Å². The van der Waals surface area contributed by atoms with E-state index in [0.717, 1.165) is 23.0 Å². The van der Waals surface area contributed by atoms with Crippen molar-refractivity contribution in [2.75, 3.05) is 6.26 Å². The van der Waals surface area contributed by atoms with Crippen LogP contribution in [-0.4, -0.2) is 29.2 Å². The number of rotatable bonds is 4. The van der Waals surface area contributed by atoms with Crippen LogP contribution in [-0.2, 0) is 9.84 Å². The number of fused-ring (bicyclic) bond motifs is 1. The maximum absolute atomic E-state index is 14.0. The van der Waals surface area contributed by atoms with Crippen molar-refractivity contribution < 1.29 is 21.9 Å². The fourth-order valence-corrected chi connectivity index (χ4v) is 3.28. The van der Waals surface area contributed by atoms with Crippen molar-refractivity contribution in [3.8, 4) is 17.2 Å². The molecular weight excluding hydrogens is 416 g/mol. The maximum atomic E-state index is 14.0. The van der Waals surface area contributed by atoms with Crippen molar-refractivity contribution in [1.29, 1.82) is 0 Å². The molecule has 0 aliphatic carbocycles. The van der Waals surface area contributed by atoms with Gasteiger partial charge in [0.2, 0.25) is 15.0 Å². The van der Waals surface area contributed by atoms with Crippen molar-refractivity contribution in [3.63, 3.8) is 0 Å². The smallest absolute Gasteiger partial charge is 0.299 e. The maximum Gasteiger partial charge on any atom is 0.299 e. The molecule has 2 aromatic heterocycles. The molecule has 10 heteroatoms. The molecule has 2 aromatic carbocycles. The Labute approximate surface area is 169 Å². The van der Waals surface area contributed by atoms with Crippen LogP contribution in [0.3, 0.4) is 0 Å². The standard InChI is InChI=1S/C20H13F2N3O4S/c1-30(27,28)20-23-11-12-10-17(29-16-5-3-2-4-15(16)22)19(26)25(18(12)24-20)14-8-6-13(21)7-9-14/h2-11H,1H3. The Hall–Kier alpha value is -3.66. The van der Waals surface area contributed by atoms with E-state index in [4.69, 9.17) is 4.74 Å². The van der Waals surface area contributed by atoms with Crippen LogP contribution in [0.1, 0.15) is 0 Å². The fraction of sp³-hybridized carbons (Fsp3) is 0.0500. The van der Waals surface area contributed by atoms with Gasteiger partial charge in [-0.1, -0.05) is 12.1 Å². The Morgan fingerprint density at radius 2 is 1.70 bits per heavy atom. The molecule has 30 heavy (non-hydrogen) atoms. The van der Waals surface area contributed by atoms with E-state index < -0.39 is 32.2 Å². The highest BCUT2D eigenvalue weighted by Gasteiger charge is 2.19. The summed E-state index contributed by atoms with van der Waals surface area (Å²) in [6.07, 6.45) is 2.15. The lowest BCUT2D eigenvalue weighted by molar-refractivity contribution is 0.436. The molecule has 7 nitrogen and oxygen atoms in total. The van der Waals surface area contributed by atoms with Crippen LogP contribution < -0.4 is 10.3 Å². The molecule has 0 fully saturated rings. The molecular formula is C20H13F2N3O4S. The molecule has 0 N–H and O–H groups in total. The van der Waals surface area contributed by atoms with Crippen molar-refractivity contribution in [1.82, 2.24) is 14.5 Å².